The first-order valence-corrected chi connectivity index (χ1v) is 10.1. The van der Waals surface area contributed by atoms with E-state index >= 15 is 0 Å². The Kier molecular flexibility index (Phi) is 8.16. The minimum absolute atomic E-state index is 0.218. The average Bonchev–Trinajstić information content (AvgIpc) is 3.25. The van der Waals surface area contributed by atoms with Gasteiger partial charge in [-0.05, 0) is 54.8 Å². The Morgan fingerprint density at radius 1 is 1.07 bits per heavy atom. The molecule has 6 heteroatoms. The molecule has 0 amide bonds. The van der Waals surface area contributed by atoms with Gasteiger partial charge in [-0.15, -0.1) is 0 Å². The summed E-state index contributed by atoms with van der Waals surface area (Å²) in [5, 5.41) is 10.6. The van der Waals surface area contributed by atoms with E-state index in [2.05, 4.69) is 11.0 Å². The maximum absolute atomic E-state index is 10.6. The van der Waals surface area contributed by atoms with E-state index in [1.807, 2.05) is 42.5 Å². The van der Waals surface area contributed by atoms with Gasteiger partial charge in [-0.1, -0.05) is 12.1 Å². The normalized spacial score (nSPS) is 17.3. The number of rotatable bonds is 11. The summed E-state index contributed by atoms with van der Waals surface area (Å²) in [6, 6.07) is 15.4. The fourth-order valence-electron chi connectivity index (χ4n) is 3.52. The summed E-state index contributed by atoms with van der Waals surface area (Å²) in [4.78, 5) is 2.23. The van der Waals surface area contributed by atoms with E-state index in [-0.39, 0.29) is 12.7 Å². The zero-order chi connectivity index (χ0) is 20.5. The second kappa shape index (κ2) is 11.0. The molecule has 2 unspecified atom stereocenters. The molecule has 158 valence electrons. The Bertz CT molecular complexity index is 730. The number of hydrogen-bond donors (Lipinski definition) is 1. The second-order valence-electron chi connectivity index (χ2n) is 7.32. The number of methoxy groups -OCH3 is 2. The van der Waals surface area contributed by atoms with Crippen LogP contribution >= 0.6 is 0 Å². The van der Waals surface area contributed by atoms with Crippen LogP contribution in [0.5, 0.6) is 17.2 Å². The van der Waals surface area contributed by atoms with E-state index in [0.29, 0.717) is 12.3 Å². The standard InChI is InChI=1S/C23H31NO5/c1-26-20-8-10-21(11-9-20)29-17-19(25)15-24(16-23-7-4-12-28-23)14-18-5-3-6-22(13-18)27-2/h3,5-6,8-11,13,19,23,25H,4,7,12,14-17H2,1-2H3. The number of benzene rings is 2. The van der Waals surface area contributed by atoms with Crippen molar-refractivity contribution in [3.8, 4) is 17.2 Å². The molecular formula is C23H31NO5. The van der Waals surface area contributed by atoms with Crippen LogP contribution in [0.2, 0.25) is 0 Å². The van der Waals surface area contributed by atoms with Gasteiger partial charge < -0.3 is 24.1 Å². The van der Waals surface area contributed by atoms with Crippen molar-refractivity contribution in [2.75, 3.05) is 40.5 Å². The molecule has 0 saturated carbocycles. The van der Waals surface area contributed by atoms with E-state index in [4.69, 9.17) is 18.9 Å². The lowest BCUT2D eigenvalue weighted by Crippen LogP contribution is -2.39. The van der Waals surface area contributed by atoms with Gasteiger partial charge in [0.2, 0.25) is 0 Å². The highest BCUT2D eigenvalue weighted by molar-refractivity contribution is 5.31. The maximum Gasteiger partial charge on any atom is 0.119 e. The third-order valence-electron chi connectivity index (χ3n) is 5.00. The van der Waals surface area contributed by atoms with Crippen molar-refractivity contribution in [1.82, 2.24) is 4.90 Å². The average molecular weight is 402 g/mol. The highest BCUT2D eigenvalue weighted by Crippen LogP contribution is 2.19. The van der Waals surface area contributed by atoms with Crippen molar-refractivity contribution in [3.63, 3.8) is 0 Å². The summed E-state index contributed by atoms with van der Waals surface area (Å²) >= 11 is 0. The number of nitrogens with zero attached hydrogens (tertiary/aromatic N) is 1. The van der Waals surface area contributed by atoms with Gasteiger partial charge in [0.05, 0.1) is 20.3 Å². The molecule has 0 radical (unpaired) electrons. The summed E-state index contributed by atoms with van der Waals surface area (Å²) in [6.07, 6.45) is 1.77. The largest absolute Gasteiger partial charge is 0.497 e. The fraction of sp³-hybridized carbons (Fsp3) is 0.478. The molecule has 1 aliphatic heterocycles. The monoisotopic (exact) mass is 401 g/mol. The van der Waals surface area contributed by atoms with Gasteiger partial charge in [0.15, 0.2) is 0 Å². The first-order chi connectivity index (χ1) is 14.2. The van der Waals surface area contributed by atoms with Crippen molar-refractivity contribution in [1.29, 1.82) is 0 Å². The Morgan fingerprint density at radius 2 is 1.83 bits per heavy atom. The van der Waals surface area contributed by atoms with Crippen molar-refractivity contribution in [3.05, 3.63) is 54.1 Å². The SMILES string of the molecule is COc1ccc(OCC(O)CN(Cc2cccc(OC)c2)CC2CCCO2)cc1. The van der Waals surface area contributed by atoms with Crippen LogP contribution in [-0.2, 0) is 11.3 Å². The molecule has 3 rings (SSSR count). The van der Waals surface area contributed by atoms with Crippen LogP contribution in [0.3, 0.4) is 0 Å². The molecule has 1 heterocycles. The quantitative estimate of drug-likeness (QED) is 0.624. The molecule has 0 spiro atoms. The van der Waals surface area contributed by atoms with Gasteiger partial charge in [-0.3, -0.25) is 4.90 Å². The fourth-order valence-corrected chi connectivity index (χ4v) is 3.52. The van der Waals surface area contributed by atoms with Crippen LogP contribution in [0.15, 0.2) is 48.5 Å². The lowest BCUT2D eigenvalue weighted by Gasteiger charge is -2.27. The minimum atomic E-state index is -0.607. The van der Waals surface area contributed by atoms with E-state index in [0.717, 1.165) is 49.6 Å². The smallest absolute Gasteiger partial charge is 0.119 e. The third-order valence-corrected chi connectivity index (χ3v) is 5.00. The molecular weight excluding hydrogens is 370 g/mol. The molecule has 1 fully saturated rings. The lowest BCUT2D eigenvalue weighted by atomic mass is 10.1. The zero-order valence-electron chi connectivity index (χ0n) is 17.3. The predicted molar refractivity (Wildman–Crippen MR) is 112 cm³/mol. The number of aliphatic hydroxyl groups is 1. The first kappa shape index (κ1) is 21.4. The summed E-state index contributed by atoms with van der Waals surface area (Å²) in [7, 11) is 3.30. The van der Waals surface area contributed by atoms with Crippen molar-refractivity contribution in [2.45, 2.75) is 31.6 Å². The number of ether oxygens (including phenoxy) is 4. The van der Waals surface area contributed by atoms with Crippen LogP contribution < -0.4 is 14.2 Å². The second-order valence-corrected chi connectivity index (χ2v) is 7.32. The molecule has 1 aliphatic rings. The van der Waals surface area contributed by atoms with Crippen LogP contribution in [0.25, 0.3) is 0 Å². The highest BCUT2D eigenvalue weighted by Gasteiger charge is 2.21. The summed E-state index contributed by atoms with van der Waals surface area (Å²) in [6.45, 7) is 3.06. The summed E-state index contributed by atoms with van der Waals surface area (Å²) < 4.78 is 22.0. The molecule has 0 bridgehead atoms. The van der Waals surface area contributed by atoms with Crippen LogP contribution in [0, 0.1) is 0 Å². The Balaban J connectivity index is 1.56. The molecule has 2 aromatic rings. The first-order valence-electron chi connectivity index (χ1n) is 10.1. The minimum Gasteiger partial charge on any atom is -0.497 e. The topological polar surface area (TPSA) is 60.4 Å². The van der Waals surface area contributed by atoms with Gasteiger partial charge in [0, 0.05) is 26.2 Å². The lowest BCUT2D eigenvalue weighted by molar-refractivity contribution is 0.0313. The molecule has 2 aromatic carbocycles. The van der Waals surface area contributed by atoms with Gasteiger partial charge in [-0.25, -0.2) is 0 Å². The van der Waals surface area contributed by atoms with Crippen molar-refractivity contribution < 1.29 is 24.1 Å². The maximum atomic E-state index is 10.6. The van der Waals surface area contributed by atoms with E-state index < -0.39 is 6.10 Å². The Morgan fingerprint density at radius 3 is 2.52 bits per heavy atom. The molecule has 1 saturated heterocycles. The van der Waals surface area contributed by atoms with Gasteiger partial charge in [-0.2, -0.15) is 0 Å². The Labute approximate surface area is 173 Å². The molecule has 6 nitrogen and oxygen atoms in total. The molecule has 1 N–H and O–H groups in total. The summed E-state index contributed by atoms with van der Waals surface area (Å²) in [5.41, 5.74) is 1.14. The number of aliphatic hydroxyl groups excluding tert-OH is 1. The van der Waals surface area contributed by atoms with Crippen molar-refractivity contribution in [2.24, 2.45) is 0 Å². The molecule has 2 atom stereocenters. The van der Waals surface area contributed by atoms with E-state index in [1.54, 1.807) is 14.2 Å². The van der Waals surface area contributed by atoms with Crippen LogP contribution in [0.1, 0.15) is 18.4 Å². The third kappa shape index (κ3) is 6.92. The van der Waals surface area contributed by atoms with Crippen LogP contribution in [-0.4, -0.2) is 62.7 Å². The Hall–Kier alpha value is -2.28. The zero-order valence-corrected chi connectivity index (χ0v) is 17.3. The van der Waals surface area contributed by atoms with Crippen molar-refractivity contribution >= 4 is 0 Å². The predicted octanol–water partition coefficient (Wildman–Crippen LogP) is 3.12. The highest BCUT2D eigenvalue weighted by atomic mass is 16.5. The van der Waals surface area contributed by atoms with Gasteiger partial charge in [0.1, 0.15) is 30.0 Å². The van der Waals surface area contributed by atoms with Crippen LogP contribution in [0.4, 0.5) is 0 Å². The van der Waals surface area contributed by atoms with E-state index in [9.17, 15) is 5.11 Å². The summed E-state index contributed by atoms with van der Waals surface area (Å²) in [5.74, 6) is 2.32. The molecule has 0 aliphatic carbocycles. The van der Waals surface area contributed by atoms with Gasteiger partial charge >= 0.3 is 0 Å². The van der Waals surface area contributed by atoms with E-state index in [1.165, 1.54) is 0 Å². The molecule has 29 heavy (non-hydrogen) atoms. The van der Waals surface area contributed by atoms with Gasteiger partial charge in [0.25, 0.3) is 0 Å². The number of hydrogen-bond acceptors (Lipinski definition) is 6. The molecule has 0 aromatic heterocycles.